The van der Waals surface area contributed by atoms with Crippen LogP contribution in [0, 0.1) is 20.8 Å². The van der Waals surface area contributed by atoms with Crippen LogP contribution in [0.2, 0.25) is 0 Å². The van der Waals surface area contributed by atoms with E-state index in [0.29, 0.717) is 29.2 Å². The van der Waals surface area contributed by atoms with E-state index in [2.05, 4.69) is 48.3 Å². The Morgan fingerprint density at radius 3 is 2.55 bits per heavy atom. The summed E-state index contributed by atoms with van der Waals surface area (Å²) in [5.41, 5.74) is 3.32. The third-order valence-electron chi connectivity index (χ3n) is 4.79. The third kappa shape index (κ3) is 4.00. The van der Waals surface area contributed by atoms with Crippen molar-refractivity contribution in [2.45, 2.75) is 51.6 Å². The summed E-state index contributed by atoms with van der Waals surface area (Å²) in [6, 6.07) is 8.23. The van der Waals surface area contributed by atoms with Gasteiger partial charge in [-0.05, 0) is 31.4 Å². The fraction of sp³-hybridized carbons (Fsp3) is 0.333. The van der Waals surface area contributed by atoms with Gasteiger partial charge in [0.1, 0.15) is 4.83 Å². The highest BCUT2D eigenvalue weighted by Crippen LogP contribution is 2.30. The van der Waals surface area contributed by atoms with Crippen LogP contribution in [0.3, 0.4) is 0 Å². The lowest BCUT2D eigenvalue weighted by Gasteiger charge is -2.12. The van der Waals surface area contributed by atoms with Crippen molar-refractivity contribution >= 4 is 33.3 Å². The van der Waals surface area contributed by atoms with Crippen molar-refractivity contribution in [1.29, 1.82) is 0 Å². The first-order chi connectivity index (χ1) is 14.0. The molecule has 29 heavy (non-hydrogen) atoms. The second-order valence-electron chi connectivity index (χ2n) is 6.96. The van der Waals surface area contributed by atoms with Crippen molar-refractivity contribution < 1.29 is 4.42 Å². The van der Waals surface area contributed by atoms with Gasteiger partial charge in [0, 0.05) is 11.8 Å². The van der Waals surface area contributed by atoms with Crippen molar-refractivity contribution in [2.24, 2.45) is 0 Å². The van der Waals surface area contributed by atoms with Gasteiger partial charge in [-0.1, -0.05) is 48.5 Å². The zero-order valence-electron chi connectivity index (χ0n) is 16.9. The summed E-state index contributed by atoms with van der Waals surface area (Å²) >= 11 is 3.06. The second kappa shape index (κ2) is 8.12. The molecular weight excluding hydrogens is 404 g/mol. The summed E-state index contributed by atoms with van der Waals surface area (Å²) in [5, 5.41) is 9.33. The molecule has 0 spiro atoms. The van der Waals surface area contributed by atoms with E-state index in [9.17, 15) is 4.79 Å². The Morgan fingerprint density at radius 2 is 1.90 bits per heavy atom. The van der Waals surface area contributed by atoms with Crippen molar-refractivity contribution in [3.05, 3.63) is 68.0 Å². The van der Waals surface area contributed by atoms with Crippen LogP contribution in [0.25, 0.3) is 10.2 Å². The molecule has 0 aliphatic rings. The number of rotatable bonds is 6. The van der Waals surface area contributed by atoms with Crippen molar-refractivity contribution in [3.8, 4) is 0 Å². The van der Waals surface area contributed by atoms with Crippen LogP contribution in [-0.4, -0.2) is 19.7 Å². The lowest BCUT2D eigenvalue weighted by atomic mass is 10.1. The lowest BCUT2D eigenvalue weighted by molar-refractivity contribution is 0.485. The summed E-state index contributed by atoms with van der Waals surface area (Å²) in [7, 11) is 0. The van der Waals surface area contributed by atoms with Crippen LogP contribution in [-0.2, 0) is 18.7 Å². The molecule has 3 aromatic heterocycles. The first-order valence-electron chi connectivity index (χ1n) is 9.46. The molecule has 4 aromatic rings. The minimum absolute atomic E-state index is 0.00762. The molecular formula is C21H22N4O2S2. The Balaban J connectivity index is 1.79. The Kier molecular flexibility index (Phi) is 5.56. The summed E-state index contributed by atoms with van der Waals surface area (Å²) in [6.07, 6.45) is 0.897. The van der Waals surface area contributed by atoms with Crippen LogP contribution in [0.4, 0.5) is 0 Å². The molecule has 1 aromatic carbocycles. The van der Waals surface area contributed by atoms with Gasteiger partial charge in [-0.25, -0.2) is 4.98 Å². The molecule has 0 saturated carbocycles. The number of hydrogen-bond acceptors (Lipinski definition) is 7. The molecule has 0 aliphatic heterocycles. The molecule has 0 bridgehead atoms. The van der Waals surface area contributed by atoms with Gasteiger partial charge in [-0.15, -0.1) is 21.5 Å². The molecule has 0 fully saturated rings. The molecule has 8 heteroatoms. The summed E-state index contributed by atoms with van der Waals surface area (Å²) in [5.74, 6) is 1.53. The van der Waals surface area contributed by atoms with Crippen molar-refractivity contribution in [2.75, 3.05) is 0 Å². The fourth-order valence-corrected chi connectivity index (χ4v) is 5.22. The van der Waals surface area contributed by atoms with Gasteiger partial charge in [0.15, 0.2) is 5.16 Å². The van der Waals surface area contributed by atoms with E-state index in [0.717, 1.165) is 27.8 Å². The van der Waals surface area contributed by atoms with Crippen LogP contribution in [0.15, 0.2) is 38.6 Å². The maximum Gasteiger partial charge on any atom is 0.263 e. The minimum atomic E-state index is 0.00762. The largest absolute Gasteiger partial charge is 0.425 e. The predicted molar refractivity (Wildman–Crippen MR) is 117 cm³/mol. The van der Waals surface area contributed by atoms with Gasteiger partial charge in [0.2, 0.25) is 11.8 Å². The summed E-state index contributed by atoms with van der Waals surface area (Å²) in [6.45, 7) is 8.42. The first-order valence-corrected chi connectivity index (χ1v) is 11.3. The Morgan fingerprint density at radius 1 is 1.14 bits per heavy atom. The molecule has 0 atom stereocenters. The van der Waals surface area contributed by atoms with Crippen LogP contribution >= 0.6 is 23.1 Å². The van der Waals surface area contributed by atoms with E-state index in [4.69, 9.17) is 9.40 Å². The standard InChI is InChI=1S/C21H22N4O2S2/c1-5-16-13(3)18-19(29-16)22-21(28-11-17-24-23-14(4)27-17)25(20(18)26)10-15-8-6-12(2)7-9-15/h6-9H,5,10-11H2,1-4H3. The van der Waals surface area contributed by atoms with E-state index < -0.39 is 0 Å². The van der Waals surface area contributed by atoms with Gasteiger partial charge in [0.05, 0.1) is 17.7 Å². The maximum absolute atomic E-state index is 13.5. The zero-order chi connectivity index (χ0) is 20.5. The fourth-order valence-electron chi connectivity index (χ4n) is 3.23. The smallest absolute Gasteiger partial charge is 0.263 e. The average molecular weight is 427 g/mol. The molecule has 3 heterocycles. The highest BCUT2D eigenvalue weighted by atomic mass is 32.2. The number of benzene rings is 1. The van der Waals surface area contributed by atoms with Gasteiger partial charge in [-0.3, -0.25) is 9.36 Å². The minimum Gasteiger partial charge on any atom is -0.425 e. The normalized spacial score (nSPS) is 11.4. The number of aryl methyl sites for hydroxylation is 4. The molecule has 0 unspecified atom stereocenters. The molecule has 150 valence electrons. The molecule has 0 aliphatic carbocycles. The quantitative estimate of drug-likeness (QED) is 0.329. The Labute approximate surface area is 177 Å². The van der Waals surface area contributed by atoms with Gasteiger partial charge >= 0.3 is 0 Å². The zero-order valence-corrected chi connectivity index (χ0v) is 18.5. The monoisotopic (exact) mass is 426 g/mol. The first kappa shape index (κ1) is 19.8. The maximum atomic E-state index is 13.5. The Hall–Kier alpha value is -2.45. The summed E-state index contributed by atoms with van der Waals surface area (Å²) < 4.78 is 7.24. The van der Waals surface area contributed by atoms with E-state index in [-0.39, 0.29) is 5.56 Å². The Bertz CT molecular complexity index is 1220. The summed E-state index contributed by atoms with van der Waals surface area (Å²) in [4.78, 5) is 20.3. The SMILES string of the molecule is CCc1sc2nc(SCc3nnc(C)o3)n(Cc3ccc(C)cc3)c(=O)c2c1C. The van der Waals surface area contributed by atoms with E-state index >= 15 is 0 Å². The molecule has 0 saturated heterocycles. The number of fused-ring (bicyclic) bond motifs is 1. The average Bonchev–Trinajstić information content (AvgIpc) is 3.26. The van der Waals surface area contributed by atoms with Gasteiger partial charge < -0.3 is 4.42 Å². The van der Waals surface area contributed by atoms with Crippen LogP contribution < -0.4 is 5.56 Å². The van der Waals surface area contributed by atoms with E-state index in [1.54, 1.807) is 22.8 Å². The topological polar surface area (TPSA) is 73.8 Å². The van der Waals surface area contributed by atoms with Crippen molar-refractivity contribution in [1.82, 2.24) is 19.7 Å². The van der Waals surface area contributed by atoms with E-state index in [1.165, 1.54) is 22.2 Å². The highest BCUT2D eigenvalue weighted by Gasteiger charge is 2.18. The van der Waals surface area contributed by atoms with Crippen LogP contribution in [0.5, 0.6) is 0 Å². The number of nitrogens with zero attached hydrogens (tertiary/aromatic N) is 4. The number of aromatic nitrogens is 4. The molecule has 4 rings (SSSR count). The highest BCUT2D eigenvalue weighted by molar-refractivity contribution is 7.98. The van der Waals surface area contributed by atoms with Crippen LogP contribution in [0.1, 0.15) is 40.3 Å². The number of thiophene rings is 1. The molecule has 0 amide bonds. The second-order valence-corrected chi connectivity index (χ2v) is 8.98. The van der Waals surface area contributed by atoms with Gasteiger partial charge in [0.25, 0.3) is 5.56 Å². The van der Waals surface area contributed by atoms with Crippen molar-refractivity contribution in [3.63, 3.8) is 0 Å². The molecule has 0 N–H and O–H groups in total. The third-order valence-corrected chi connectivity index (χ3v) is 7.08. The molecule has 0 radical (unpaired) electrons. The number of hydrogen-bond donors (Lipinski definition) is 0. The van der Waals surface area contributed by atoms with Gasteiger partial charge in [-0.2, -0.15) is 0 Å². The lowest BCUT2D eigenvalue weighted by Crippen LogP contribution is -2.24. The number of thioether (sulfide) groups is 1. The predicted octanol–water partition coefficient (Wildman–Crippen LogP) is 4.67. The van der Waals surface area contributed by atoms with E-state index in [1.807, 2.05) is 6.92 Å². The molecule has 6 nitrogen and oxygen atoms in total.